The second kappa shape index (κ2) is 19.4. The summed E-state index contributed by atoms with van der Waals surface area (Å²) in [5.41, 5.74) is -1.21. The predicted octanol–water partition coefficient (Wildman–Crippen LogP) is -6.71. The number of hydrogen-bond acceptors (Lipinski definition) is 15. The van der Waals surface area contributed by atoms with Gasteiger partial charge in [-0.05, 0) is 52.9 Å². The van der Waals surface area contributed by atoms with E-state index in [1.807, 2.05) is 0 Å². The Labute approximate surface area is 319 Å². The zero-order valence-electron chi connectivity index (χ0n) is 22.0. The molecule has 0 aliphatic carbocycles. The average molecular weight is 725 g/mol. The Kier molecular flexibility index (Phi) is 21.9. The Morgan fingerprint density at radius 1 is 1.02 bits per heavy atom. The average Bonchev–Trinajstić information content (AvgIpc) is 2.81. The van der Waals surface area contributed by atoms with Gasteiger partial charge in [-0.1, -0.05) is 6.92 Å². The van der Waals surface area contributed by atoms with E-state index in [0.29, 0.717) is 0 Å². The van der Waals surface area contributed by atoms with Crippen LogP contribution >= 0.6 is 12.0 Å². The van der Waals surface area contributed by atoms with E-state index in [4.69, 9.17) is 0 Å². The maximum absolute atomic E-state index is 12.1. The first-order valence-corrected chi connectivity index (χ1v) is 14.2. The summed E-state index contributed by atoms with van der Waals surface area (Å²) in [4.78, 5) is -2.09. The molecule has 0 amide bonds. The Morgan fingerprint density at radius 3 is 2.15 bits per heavy atom. The predicted molar refractivity (Wildman–Crippen MR) is 125 cm³/mol. The number of phenolic OH excluding ortho intramolecular Hbond substituents is 2. The van der Waals surface area contributed by atoms with Crippen molar-refractivity contribution in [3.05, 3.63) is 43.8 Å². The van der Waals surface area contributed by atoms with Crippen LogP contribution in [0.2, 0.25) is 0 Å². The third-order valence-corrected chi connectivity index (χ3v) is 8.45. The minimum Gasteiger partial charge on any atom is -0.768 e. The molecule has 0 saturated heterocycles. The van der Waals surface area contributed by atoms with Crippen molar-refractivity contribution in [1.29, 1.82) is 0 Å². The fourth-order valence-electron chi connectivity index (χ4n) is 2.99. The number of sulfone groups is 1. The van der Waals surface area contributed by atoms with Crippen LogP contribution in [-0.2, 0) is 57.5 Å². The van der Waals surface area contributed by atoms with E-state index in [1.165, 1.54) is 6.92 Å². The van der Waals surface area contributed by atoms with Crippen LogP contribution < -0.4 is 93.9 Å². The second-order valence-electron chi connectivity index (χ2n) is 6.75. The van der Waals surface area contributed by atoms with Crippen LogP contribution in [-0.4, -0.2) is 46.1 Å². The smallest absolute Gasteiger partial charge is 0.768 e. The van der Waals surface area contributed by atoms with E-state index in [9.17, 15) is 45.6 Å². The van der Waals surface area contributed by atoms with Crippen LogP contribution in [0.1, 0.15) is 6.92 Å². The molecule has 0 saturated carbocycles. The quantitative estimate of drug-likeness (QED) is 0.0305. The number of phenols is 2. The van der Waals surface area contributed by atoms with Gasteiger partial charge in [0.2, 0.25) is 0 Å². The van der Waals surface area contributed by atoms with E-state index >= 15 is 0 Å². The first-order chi connectivity index (χ1) is 16.8. The zero-order chi connectivity index (χ0) is 26.8. The maximum atomic E-state index is 12.1. The zero-order valence-corrected chi connectivity index (χ0v) is 32.2. The summed E-state index contributed by atoms with van der Waals surface area (Å²) < 4.78 is 87.6. The number of aromatic hydroxyl groups is 2. The molecule has 14 nitrogen and oxygen atoms in total. The Morgan fingerprint density at radius 2 is 1.63 bits per heavy atom. The normalized spacial score (nSPS) is 11.8. The van der Waals surface area contributed by atoms with Gasteiger partial charge in [-0.15, -0.1) is 10.2 Å². The number of rotatable bonds is 9. The molecule has 3 aromatic carbocycles. The summed E-state index contributed by atoms with van der Waals surface area (Å²) in [6.45, 7) is 1.39. The van der Waals surface area contributed by atoms with Gasteiger partial charge in [-0.25, -0.2) is 16.8 Å². The van der Waals surface area contributed by atoms with Gasteiger partial charge in [0.25, 0.3) is 0 Å². The molecule has 3 rings (SSSR count). The number of nitrogens with zero attached hydrogens (tertiary/aromatic N) is 2. The number of azo groups is 1. The molecule has 0 aliphatic rings. The largest absolute Gasteiger partial charge is 1.00 e. The molecule has 0 fully saturated rings. The number of fused-ring (bicyclic) bond motifs is 1. The van der Waals surface area contributed by atoms with Gasteiger partial charge in [-0.3, -0.25) is 9.25 Å². The SMILES string of the molecule is CCS(=O)(=O)c1ccc(O)c(N=Nc2c(S(=O)[O-])cc3cc(SOO[O-])cc(S(=O)(=O)[O-])c3c2O)c1.[CH3-].[Cu+].[Na+].[Na+].[Na+]. The van der Waals surface area contributed by atoms with Crippen molar-refractivity contribution in [3.8, 4) is 11.5 Å². The summed E-state index contributed by atoms with van der Waals surface area (Å²) in [5.74, 6) is -1.87. The molecule has 0 bridgehead atoms. The molecule has 1 unspecified atom stereocenters. The van der Waals surface area contributed by atoms with Crippen molar-refractivity contribution in [1.82, 2.24) is 0 Å². The molecule has 0 radical (unpaired) electrons. The van der Waals surface area contributed by atoms with E-state index in [1.54, 1.807) is 0 Å². The van der Waals surface area contributed by atoms with E-state index in [2.05, 4.69) is 19.6 Å². The van der Waals surface area contributed by atoms with Crippen molar-refractivity contribution in [3.63, 3.8) is 0 Å². The third kappa shape index (κ3) is 11.3. The van der Waals surface area contributed by atoms with Crippen molar-refractivity contribution in [2.24, 2.45) is 10.2 Å². The van der Waals surface area contributed by atoms with E-state index < -0.39 is 69.1 Å². The molecular formula is C19H16CuN2Na3O12S4. The van der Waals surface area contributed by atoms with Gasteiger partial charge >= 0.3 is 106 Å². The van der Waals surface area contributed by atoms with Crippen LogP contribution in [0.3, 0.4) is 0 Å². The molecule has 2 N–H and O–H groups in total. The van der Waals surface area contributed by atoms with Crippen LogP contribution in [0.5, 0.6) is 11.5 Å². The van der Waals surface area contributed by atoms with E-state index in [0.717, 1.165) is 36.4 Å². The Balaban J connectivity index is -0.00000289. The minimum atomic E-state index is -5.28. The first-order valence-electron chi connectivity index (χ1n) is 9.29. The first kappa shape index (κ1) is 46.3. The molecule has 3 aromatic rings. The van der Waals surface area contributed by atoms with Gasteiger partial charge in [0, 0.05) is 10.3 Å². The van der Waals surface area contributed by atoms with Crippen LogP contribution in [0.15, 0.2) is 66.2 Å². The Bertz CT molecular complexity index is 1630. The molecule has 212 valence electrons. The summed E-state index contributed by atoms with van der Waals surface area (Å²) in [6.07, 6.45) is 0. The van der Waals surface area contributed by atoms with Crippen LogP contribution in [0.25, 0.3) is 10.8 Å². The number of hydrogen-bond donors (Lipinski definition) is 2. The summed E-state index contributed by atoms with van der Waals surface area (Å²) in [5, 5.41) is 40.3. The van der Waals surface area contributed by atoms with Crippen LogP contribution in [0, 0.1) is 7.43 Å². The second-order valence-corrected chi connectivity index (χ2v) is 12.1. The summed E-state index contributed by atoms with van der Waals surface area (Å²) in [6, 6.07) is 5.78. The van der Waals surface area contributed by atoms with Gasteiger partial charge < -0.3 is 32.0 Å². The maximum Gasteiger partial charge on any atom is 1.00 e. The summed E-state index contributed by atoms with van der Waals surface area (Å²) in [7, 11) is -8.99. The molecule has 41 heavy (non-hydrogen) atoms. The molecule has 0 heterocycles. The standard InChI is InChI=1S/C18H16N2O12S4.CH3.Cu.3Na/c1-2-35(26,27)11-3-4-13(21)12(8-11)19-20-17-14(34(24)25)6-9-5-10(33-32-31-23)7-15(36(28,29)30)16(9)18(17)22;;;;;/h3-8,21-23H,2H2,1H3,(H,24,25)(H,28,29,30);1H3;;;;/q;-1;4*+1/p-3. The van der Waals surface area contributed by atoms with Gasteiger partial charge in [0.15, 0.2) is 15.6 Å². The van der Waals surface area contributed by atoms with Crippen molar-refractivity contribution in [2.75, 3.05) is 5.75 Å². The van der Waals surface area contributed by atoms with Crippen molar-refractivity contribution in [2.45, 2.75) is 26.5 Å². The van der Waals surface area contributed by atoms with Crippen molar-refractivity contribution < 1.29 is 161 Å². The van der Waals surface area contributed by atoms with Crippen molar-refractivity contribution >= 4 is 65.2 Å². The van der Waals surface area contributed by atoms with E-state index in [-0.39, 0.29) is 146 Å². The summed E-state index contributed by atoms with van der Waals surface area (Å²) >= 11 is -2.88. The topological polar surface area (TPSA) is 238 Å². The fourth-order valence-corrected chi connectivity index (χ4v) is 5.67. The molecule has 0 aromatic heterocycles. The van der Waals surface area contributed by atoms with Gasteiger partial charge in [0.05, 0.1) is 32.5 Å². The third-order valence-electron chi connectivity index (χ3n) is 4.64. The Hall–Kier alpha value is 0.839. The molecular weight excluding hydrogens is 709 g/mol. The molecule has 1 atom stereocenters. The molecule has 22 heteroatoms. The molecule has 0 spiro atoms. The van der Waals surface area contributed by atoms with Crippen LogP contribution in [0.4, 0.5) is 11.4 Å². The number of benzene rings is 3. The minimum absolute atomic E-state index is 0. The molecule has 0 aliphatic heterocycles. The van der Waals surface area contributed by atoms with Gasteiger partial charge in [0.1, 0.15) is 27.2 Å². The fraction of sp³-hybridized carbons (Fsp3) is 0.105. The van der Waals surface area contributed by atoms with Gasteiger partial charge in [-0.2, -0.15) is 4.33 Å². The monoisotopic (exact) mass is 724 g/mol.